The Labute approximate surface area is 140 Å². The van der Waals surface area contributed by atoms with E-state index in [1.807, 2.05) is 6.07 Å². The highest BCUT2D eigenvalue weighted by Gasteiger charge is 2.31. The lowest BCUT2D eigenvalue weighted by atomic mass is 9.68. The van der Waals surface area contributed by atoms with E-state index in [2.05, 4.69) is 6.92 Å². The lowest BCUT2D eigenvalue weighted by molar-refractivity contribution is 0.156. The van der Waals surface area contributed by atoms with Crippen molar-refractivity contribution >= 4 is 0 Å². The maximum Gasteiger partial charge on any atom is 0.164 e. The van der Waals surface area contributed by atoms with Gasteiger partial charge in [0.2, 0.25) is 0 Å². The molecule has 0 heterocycles. The van der Waals surface area contributed by atoms with Crippen LogP contribution in [0.2, 0.25) is 0 Å². The third kappa shape index (κ3) is 4.08. The second-order valence-corrected chi connectivity index (χ2v) is 7.89. The molecule has 1 N–H and O–H groups in total. The van der Waals surface area contributed by atoms with Gasteiger partial charge in [0.1, 0.15) is 0 Å². The first-order chi connectivity index (χ1) is 11.2. The standard InChI is InChI=1S/C21H31FO/c1-2-3-15-4-6-16(7-5-15)17-8-10-18(11-9-17)19-12-13-20(22)21(23)14-19/h12-18,23H,2-11H2,1H3. The van der Waals surface area contributed by atoms with Gasteiger partial charge in [-0.1, -0.05) is 38.7 Å². The molecule has 0 atom stereocenters. The van der Waals surface area contributed by atoms with Crippen molar-refractivity contribution in [3.05, 3.63) is 29.6 Å². The molecule has 2 heteroatoms. The summed E-state index contributed by atoms with van der Waals surface area (Å²) in [6, 6.07) is 4.90. The zero-order chi connectivity index (χ0) is 16.2. The van der Waals surface area contributed by atoms with E-state index in [0.29, 0.717) is 5.92 Å². The van der Waals surface area contributed by atoms with E-state index in [1.54, 1.807) is 6.07 Å². The summed E-state index contributed by atoms with van der Waals surface area (Å²) in [4.78, 5) is 0. The van der Waals surface area contributed by atoms with Crippen molar-refractivity contribution in [1.29, 1.82) is 0 Å². The second kappa shape index (κ2) is 7.68. The monoisotopic (exact) mass is 318 g/mol. The van der Waals surface area contributed by atoms with Gasteiger partial charge in [-0.15, -0.1) is 0 Å². The molecule has 2 fully saturated rings. The van der Waals surface area contributed by atoms with Crippen LogP contribution >= 0.6 is 0 Å². The molecular weight excluding hydrogens is 287 g/mol. The minimum atomic E-state index is -0.508. The number of phenols is 1. The fourth-order valence-electron chi connectivity index (χ4n) is 5.06. The predicted octanol–water partition coefficient (Wildman–Crippen LogP) is 6.41. The van der Waals surface area contributed by atoms with Crippen molar-refractivity contribution < 1.29 is 9.50 Å². The average Bonchev–Trinajstić information content (AvgIpc) is 2.59. The summed E-state index contributed by atoms with van der Waals surface area (Å²) >= 11 is 0. The van der Waals surface area contributed by atoms with Crippen molar-refractivity contribution in [3.63, 3.8) is 0 Å². The Kier molecular flexibility index (Phi) is 5.61. The first kappa shape index (κ1) is 16.8. The van der Waals surface area contributed by atoms with E-state index in [-0.39, 0.29) is 5.75 Å². The normalized spacial score (nSPS) is 31.9. The van der Waals surface area contributed by atoms with Gasteiger partial charge in [-0.3, -0.25) is 0 Å². The molecule has 2 aliphatic carbocycles. The fraction of sp³-hybridized carbons (Fsp3) is 0.714. The molecule has 0 bridgehead atoms. The summed E-state index contributed by atoms with van der Waals surface area (Å²) in [6.07, 6.45) is 13.6. The van der Waals surface area contributed by atoms with E-state index >= 15 is 0 Å². The van der Waals surface area contributed by atoms with E-state index in [4.69, 9.17) is 0 Å². The third-order valence-corrected chi connectivity index (χ3v) is 6.47. The first-order valence-electron chi connectivity index (χ1n) is 9.65. The van der Waals surface area contributed by atoms with Gasteiger partial charge in [0.05, 0.1) is 0 Å². The zero-order valence-corrected chi connectivity index (χ0v) is 14.4. The molecule has 0 spiro atoms. The van der Waals surface area contributed by atoms with Crippen LogP contribution in [0.5, 0.6) is 5.75 Å². The molecule has 0 aliphatic heterocycles. The number of aromatic hydroxyl groups is 1. The van der Waals surface area contributed by atoms with E-state index < -0.39 is 5.82 Å². The van der Waals surface area contributed by atoms with Crippen molar-refractivity contribution in [1.82, 2.24) is 0 Å². The van der Waals surface area contributed by atoms with Crippen LogP contribution in [0, 0.1) is 23.6 Å². The molecule has 1 aromatic rings. The molecule has 0 amide bonds. The number of phenolic OH excluding ortho intramolecular Hbond substituents is 1. The second-order valence-electron chi connectivity index (χ2n) is 7.89. The van der Waals surface area contributed by atoms with Gasteiger partial charge in [-0.2, -0.15) is 0 Å². The van der Waals surface area contributed by atoms with Gasteiger partial charge in [-0.05, 0) is 79.9 Å². The largest absolute Gasteiger partial charge is 0.505 e. The van der Waals surface area contributed by atoms with Crippen LogP contribution in [-0.4, -0.2) is 5.11 Å². The highest BCUT2D eigenvalue weighted by Crippen LogP contribution is 2.44. The van der Waals surface area contributed by atoms with Crippen LogP contribution in [0.1, 0.15) is 82.6 Å². The quantitative estimate of drug-likeness (QED) is 0.680. The zero-order valence-electron chi connectivity index (χ0n) is 14.4. The number of benzene rings is 1. The molecule has 2 aliphatic rings. The SMILES string of the molecule is CCCC1CCC(C2CCC(c3ccc(F)c(O)c3)CC2)CC1. The molecule has 1 aromatic carbocycles. The minimum absolute atomic E-state index is 0.195. The van der Waals surface area contributed by atoms with Crippen molar-refractivity contribution in [2.75, 3.05) is 0 Å². The maximum atomic E-state index is 13.2. The molecule has 0 saturated heterocycles. The van der Waals surface area contributed by atoms with Gasteiger partial charge in [0, 0.05) is 0 Å². The predicted molar refractivity (Wildman–Crippen MR) is 93.1 cm³/mol. The maximum absolute atomic E-state index is 13.2. The third-order valence-electron chi connectivity index (χ3n) is 6.47. The van der Waals surface area contributed by atoms with Gasteiger partial charge in [0.25, 0.3) is 0 Å². The van der Waals surface area contributed by atoms with Crippen LogP contribution in [0.15, 0.2) is 18.2 Å². The summed E-state index contributed by atoms with van der Waals surface area (Å²) in [7, 11) is 0. The van der Waals surface area contributed by atoms with Crippen LogP contribution in [0.4, 0.5) is 4.39 Å². The number of hydrogen-bond donors (Lipinski definition) is 1. The minimum Gasteiger partial charge on any atom is -0.505 e. The Morgan fingerprint density at radius 3 is 2.13 bits per heavy atom. The van der Waals surface area contributed by atoms with E-state index in [9.17, 15) is 9.50 Å². The number of halogens is 1. The topological polar surface area (TPSA) is 20.2 Å². The van der Waals surface area contributed by atoms with E-state index in [1.165, 1.54) is 70.3 Å². The lowest BCUT2D eigenvalue weighted by Gasteiger charge is -2.38. The van der Waals surface area contributed by atoms with Crippen LogP contribution in [0.3, 0.4) is 0 Å². The van der Waals surface area contributed by atoms with Crippen molar-refractivity contribution in [2.24, 2.45) is 17.8 Å². The molecule has 2 saturated carbocycles. The Bertz CT molecular complexity index is 497. The fourth-order valence-corrected chi connectivity index (χ4v) is 5.06. The molecule has 3 rings (SSSR count). The molecule has 0 aromatic heterocycles. The molecule has 23 heavy (non-hydrogen) atoms. The summed E-state index contributed by atoms with van der Waals surface area (Å²) < 4.78 is 13.2. The Hall–Kier alpha value is -1.05. The van der Waals surface area contributed by atoms with Crippen LogP contribution in [0.25, 0.3) is 0 Å². The van der Waals surface area contributed by atoms with Gasteiger partial charge in [0.15, 0.2) is 11.6 Å². The summed E-state index contributed by atoms with van der Waals surface area (Å²) in [6.45, 7) is 2.31. The smallest absolute Gasteiger partial charge is 0.164 e. The van der Waals surface area contributed by atoms with Crippen LogP contribution < -0.4 is 0 Å². The van der Waals surface area contributed by atoms with Crippen LogP contribution in [-0.2, 0) is 0 Å². The summed E-state index contributed by atoms with van der Waals surface area (Å²) in [5.41, 5.74) is 1.12. The number of hydrogen-bond acceptors (Lipinski definition) is 1. The highest BCUT2D eigenvalue weighted by atomic mass is 19.1. The molecule has 128 valence electrons. The molecule has 0 unspecified atom stereocenters. The Morgan fingerprint density at radius 2 is 1.57 bits per heavy atom. The number of rotatable bonds is 4. The molecule has 0 radical (unpaired) electrons. The summed E-state index contributed by atoms with van der Waals surface area (Å²) in [5, 5.41) is 9.58. The first-order valence-corrected chi connectivity index (χ1v) is 9.65. The van der Waals surface area contributed by atoms with Crippen molar-refractivity contribution in [3.8, 4) is 5.75 Å². The van der Waals surface area contributed by atoms with Gasteiger partial charge >= 0.3 is 0 Å². The highest BCUT2D eigenvalue weighted by molar-refractivity contribution is 5.31. The lowest BCUT2D eigenvalue weighted by Crippen LogP contribution is -2.25. The van der Waals surface area contributed by atoms with Gasteiger partial charge in [-0.25, -0.2) is 4.39 Å². The van der Waals surface area contributed by atoms with Gasteiger partial charge < -0.3 is 5.11 Å². The Balaban J connectivity index is 1.50. The molecule has 1 nitrogen and oxygen atoms in total. The van der Waals surface area contributed by atoms with E-state index in [0.717, 1.165) is 23.3 Å². The van der Waals surface area contributed by atoms with Crippen molar-refractivity contribution in [2.45, 2.75) is 77.0 Å². The Morgan fingerprint density at radius 1 is 0.957 bits per heavy atom. The molecular formula is C21H31FO. The average molecular weight is 318 g/mol. The summed E-state index contributed by atoms with van der Waals surface area (Å²) in [5.74, 6) is 2.66.